The van der Waals surface area contributed by atoms with Crippen LogP contribution >= 0.6 is 0 Å². The van der Waals surface area contributed by atoms with E-state index in [-0.39, 0.29) is 17.6 Å². The molecule has 1 aromatic carbocycles. The molecule has 0 aliphatic rings. The molecule has 0 aliphatic heterocycles. The lowest BCUT2D eigenvalue weighted by Crippen LogP contribution is -2.33. The molecular formula is C21H24N4O2. The fourth-order valence-electron chi connectivity index (χ4n) is 3.07. The average Bonchev–Trinajstić information content (AvgIpc) is 3.08. The second-order valence-corrected chi connectivity index (χ2v) is 6.35. The van der Waals surface area contributed by atoms with Gasteiger partial charge in [0.05, 0.1) is 5.52 Å². The Bertz CT molecular complexity index is 928. The highest BCUT2D eigenvalue weighted by atomic mass is 16.2. The average molecular weight is 364 g/mol. The minimum Gasteiger partial charge on any atom is -0.337 e. The number of carbonyl (C=O) groups excluding carboxylic acids is 2. The van der Waals surface area contributed by atoms with Gasteiger partial charge in [-0.3, -0.25) is 14.0 Å². The zero-order valence-electron chi connectivity index (χ0n) is 15.7. The van der Waals surface area contributed by atoms with Crippen LogP contribution in [0, 0.1) is 0 Å². The summed E-state index contributed by atoms with van der Waals surface area (Å²) in [6, 6.07) is 14.7. The van der Waals surface area contributed by atoms with Gasteiger partial charge in [-0.1, -0.05) is 38.1 Å². The van der Waals surface area contributed by atoms with E-state index in [0.717, 1.165) is 12.8 Å². The van der Waals surface area contributed by atoms with Gasteiger partial charge in [-0.15, -0.1) is 0 Å². The number of benzene rings is 1. The van der Waals surface area contributed by atoms with E-state index in [2.05, 4.69) is 10.3 Å². The van der Waals surface area contributed by atoms with Crippen molar-refractivity contribution in [2.75, 3.05) is 18.4 Å². The second-order valence-electron chi connectivity index (χ2n) is 6.35. The quantitative estimate of drug-likeness (QED) is 0.692. The van der Waals surface area contributed by atoms with Crippen molar-refractivity contribution < 1.29 is 9.59 Å². The Morgan fingerprint density at radius 2 is 1.67 bits per heavy atom. The zero-order valence-corrected chi connectivity index (χ0v) is 15.7. The Morgan fingerprint density at radius 3 is 2.33 bits per heavy atom. The molecule has 0 saturated carbocycles. The van der Waals surface area contributed by atoms with Crippen LogP contribution in [-0.4, -0.2) is 39.2 Å². The van der Waals surface area contributed by atoms with Gasteiger partial charge in [0.15, 0.2) is 5.69 Å². The largest absolute Gasteiger partial charge is 0.337 e. The van der Waals surface area contributed by atoms with Gasteiger partial charge >= 0.3 is 0 Å². The molecule has 6 heteroatoms. The van der Waals surface area contributed by atoms with Gasteiger partial charge < -0.3 is 10.2 Å². The molecule has 2 amide bonds. The van der Waals surface area contributed by atoms with Crippen molar-refractivity contribution >= 4 is 23.0 Å². The molecule has 1 N–H and O–H groups in total. The third kappa shape index (κ3) is 4.00. The summed E-state index contributed by atoms with van der Waals surface area (Å²) in [5.41, 5.74) is 1.63. The third-order valence-corrected chi connectivity index (χ3v) is 4.26. The second kappa shape index (κ2) is 8.49. The molecule has 0 atom stereocenters. The highest BCUT2D eigenvalue weighted by Gasteiger charge is 2.24. The molecule has 0 fully saturated rings. The zero-order chi connectivity index (χ0) is 19.2. The number of carbonyl (C=O) groups is 2. The highest BCUT2D eigenvalue weighted by molar-refractivity contribution is 6.06. The Balaban J connectivity index is 1.98. The maximum atomic E-state index is 13.1. The fraction of sp³-hybridized carbons (Fsp3) is 0.286. The van der Waals surface area contributed by atoms with Crippen LogP contribution in [0.3, 0.4) is 0 Å². The summed E-state index contributed by atoms with van der Waals surface area (Å²) in [5.74, 6) is -0.286. The van der Waals surface area contributed by atoms with Gasteiger partial charge in [0, 0.05) is 25.0 Å². The number of fused-ring (bicyclic) bond motifs is 1. The van der Waals surface area contributed by atoms with E-state index in [0.29, 0.717) is 30.0 Å². The Hall–Kier alpha value is -3.15. The lowest BCUT2D eigenvalue weighted by molar-refractivity contribution is 0.0752. The highest BCUT2D eigenvalue weighted by Crippen LogP contribution is 2.17. The molecule has 0 unspecified atom stereocenters. The number of nitrogens with zero attached hydrogens (tertiary/aromatic N) is 3. The van der Waals surface area contributed by atoms with Crippen LogP contribution in [0.2, 0.25) is 0 Å². The number of imidazole rings is 1. The standard InChI is InChI=1S/C21H24N4O2/c1-3-13-24(14-4-2)21(27)18-17-12-8-9-15-25(17)19(23-18)20(26)22-16-10-6-5-7-11-16/h5-12,15H,3-4,13-14H2,1-2H3,(H,22,26). The van der Waals surface area contributed by atoms with Crippen LogP contribution in [0.15, 0.2) is 54.7 Å². The maximum Gasteiger partial charge on any atom is 0.292 e. The Morgan fingerprint density at radius 1 is 1.00 bits per heavy atom. The molecule has 2 aromatic heterocycles. The lowest BCUT2D eigenvalue weighted by atomic mass is 10.2. The monoisotopic (exact) mass is 364 g/mol. The van der Waals surface area contributed by atoms with Crippen molar-refractivity contribution in [2.24, 2.45) is 0 Å². The van der Waals surface area contributed by atoms with Crippen LogP contribution in [-0.2, 0) is 0 Å². The van der Waals surface area contributed by atoms with Gasteiger partial charge in [0.2, 0.25) is 5.82 Å². The van der Waals surface area contributed by atoms with E-state index in [1.807, 2.05) is 62.4 Å². The summed E-state index contributed by atoms with van der Waals surface area (Å²) >= 11 is 0. The molecule has 0 spiro atoms. The number of pyridine rings is 1. The molecule has 2 heterocycles. The van der Waals surface area contributed by atoms with Crippen molar-refractivity contribution in [1.82, 2.24) is 14.3 Å². The smallest absolute Gasteiger partial charge is 0.292 e. The first-order valence-electron chi connectivity index (χ1n) is 9.28. The van der Waals surface area contributed by atoms with Gasteiger partial charge in [0.1, 0.15) is 0 Å². The van der Waals surface area contributed by atoms with E-state index in [1.54, 1.807) is 15.5 Å². The number of rotatable bonds is 7. The predicted molar refractivity (Wildman–Crippen MR) is 106 cm³/mol. The lowest BCUT2D eigenvalue weighted by Gasteiger charge is -2.20. The fourth-order valence-corrected chi connectivity index (χ4v) is 3.07. The summed E-state index contributed by atoms with van der Waals surface area (Å²) in [6.07, 6.45) is 3.50. The number of para-hydroxylation sites is 1. The normalized spacial score (nSPS) is 10.7. The minimum absolute atomic E-state index is 0.138. The number of aromatic nitrogens is 2. The molecule has 0 saturated heterocycles. The SMILES string of the molecule is CCCN(CCC)C(=O)c1nc(C(=O)Nc2ccccc2)n2ccccc12. The van der Waals surface area contributed by atoms with E-state index in [9.17, 15) is 9.59 Å². The van der Waals surface area contributed by atoms with E-state index >= 15 is 0 Å². The first-order valence-corrected chi connectivity index (χ1v) is 9.28. The van der Waals surface area contributed by atoms with Crippen LogP contribution in [0.25, 0.3) is 5.52 Å². The molecule has 3 rings (SSSR count). The minimum atomic E-state index is -0.348. The first-order chi connectivity index (χ1) is 13.2. The van der Waals surface area contributed by atoms with Crippen LogP contribution in [0.4, 0.5) is 5.69 Å². The van der Waals surface area contributed by atoms with E-state index in [4.69, 9.17) is 0 Å². The van der Waals surface area contributed by atoms with Crippen molar-refractivity contribution in [1.29, 1.82) is 0 Å². The molecule has 0 radical (unpaired) electrons. The number of nitrogens with one attached hydrogen (secondary N) is 1. The van der Waals surface area contributed by atoms with Gasteiger partial charge in [0.25, 0.3) is 11.8 Å². The topological polar surface area (TPSA) is 66.7 Å². The molecule has 0 bridgehead atoms. The van der Waals surface area contributed by atoms with Crippen LogP contribution in [0.5, 0.6) is 0 Å². The molecule has 6 nitrogen and oxygen atoms in total. The predicted octanol–water partition coefficient (Wildman–Crippen LogP) is 3.85. The van der Waals surface area contributed by atoms with Crippen LogP contribution < -0.4 is 5.32 Å². The summed E-state index contributed by atoms with van der Waals surface area (Å²) < 4.78 is 1.67. The number of hydrogen-bond acceptors (Lipinski definition) is 3. The molecule has 0 aliphatic carbocycles. The van der Waals surface area contributed by atoms with Gasteiger partial charge in [-0.25, -0.2) is 4.98 Å². The molecule has 27 heavy (non-hydrogen) atoms. The van der Waals surface area contributed by atoms with Gasteiger partial charge in [-0.2, -0.15) is 0 Å². The Labute approximate surface area is 158 Å². The molecule has 140 valence electrons. The van der Waals surface area contributed by atoms with E-state index < -0.39 is 0 Å². The van der Waals surface area contributed by atoms with Crippen molar-refractivity contribution in [3.8, 4) is 0 Å². The van der Waals surface area contributed by atoms with Gasteiger partial charge in [-0.05, 0) is 37.1 Å². The van der Waals surface area contributed by atoms with Crippen molar-refractivity contribution in [3.63, 3.8) is 0 Å². The maximum absolute atomic E-state index is 13.1. The summed E-state index contributed by atoms with van der Waals surface area (Å²) in [6.45, 7) is 5.42. The van der Waals surface area contributed by atoms with Crippen molar-refractivity contribution in [3.05, 3.63) is 66.2 Å². The summed E-state index contributed by atoms with van der Waals surface area (Å²) in [4.78, 5) is 32.0. The molecular weight excluding hydrogens is 340 g/mol. The first kappa shape index (κ1) is 18.6. The van der Waals surface area contributed by atoms with Crippen molar-refractivity contribution in [2.45, 2.75) is 26.7 Å². The van der Waals surface area contributed by atoms with E-state index in [1.165, 1.54) is 0 Å². The van der Waals surface area contributed by atoms with Crippen LogP contribution in [0.1, 0.15) is 47.8 Å². The number of anilines is 1. The number of amides is 2. The third-order valence-electron chi connectivity index (χ3n) is 4.26. The summed E-state index contributed by atoms with van der Waals surface area (Å²) in [5, 5.41) is 2.83. The number of hydrogen-bond donors (Lipinski definition) is 1. The summed E-state index contributed by atoms with van der Waals surface area (Å²) in [7, 11) is 0. The molecule has 3 aromatic rings. The Kier molecular flexibility index (Phi) is 5.86.